The van der Waals surface area contributed by atoms with Crippen LogP contribution in [0.5, 0.6) is 0 Å². The normalized spacial score (nSPS) is 12.0. The van der Waals surface area contributed by atoms with Crippen LogP contribution >= 0.6 is 0 Å². The second kappa shape index (κ2) is 6.90. The molecule has 1 unspecified atom stereocenters. The molecular formula is C15H21N5O. The van der Waals surface area contributed by atoms with Gasteiger partial charge >= 0.3 is 6.03 Å². The van der Waals surface area contributed by atoms with E-state index in [0.717, 1.165) is 23.4 Å². The third kappa shape index (κ3) is 4.32. The summed E-state index contributed by atoms with van der Waals surface area (Å²) in [6, 6.07) is 9.23. The van der Waals surface area contributed by atoms with Crippen molar-refractivity contribution in [3.63, 3.8) is 0 Å². The highest BCUT2D eigenvalue weighted by Crippen LogP contribution is 2.13. The van der Waals surface area contributed by atoms with Crippen molar-refractivity contribution in [2.75, 3.05) is 11.9 Å². The molecule has 1 aromatic carbocycles. The summed E-state index contributed by atoms with van der Waals surface area (Å²) < 4.78 is 1.80. The number of nitrogens with zero attached hydrogens (tertiary/aromatic N) is 2. The Morgan fingerprint density at radius 2 is 2.05 bits per heavy atom. The molecule has 6 nitrogen and oxygen atoms in total. The maximum absolute atomic E-state index is 11.8. The summed E-state index contributed by atoms with van der Waals surface area (Å²) in [5.74, 6) is 0. The number of carbonyl (C=O) groups is 1. The number of anilines is 1. The molecule has 2 amide bonds. The molecule has 112 valence electrons. The Morgan fingerprint density at radius 3 is 2.62 bits per heavy atom. The lowest BCUT2D eigenvalue weighted by Gasteiger charge is -2.09. The standard InChI is InChI=1S/C15H21N5O/c1-11(16)12-3-5-13(6-4-12)19-15(21)17-9-7-14-8-10-18-20(14)2/h3-6,8,10-11H,7,9,16H2,1-2H3,(H2,17,19,21). The van der Waals surface area contributed by atoms with Crippen LogP contribution in [0.25, 0.3) is 0 Å². The van der Waals surface area contributed by atoms with Crippen molar-refractivity contribution in [1.82, 2.24) is 15.1 Å². The van der Waals surface area contributed by atoms with Crippen LogP contribution in [0.3, 0.4) is 0 Å². The number of carbonyl (C=O) groups excluding carboxylic acids is 1. The van der Waals surface area contributed by atoms with Gasteiger partial charge in [-0.25, -0.2) is 4.79 Å². The first kappa shape index (κ1) is 15.1. The molecule has 0 aliphatic heterocycles. The summed E-state index contributed by atoms with van der Waals surface area (Å²) in [6.07, 6.45) is 2.49. The van der Waals surface area contributed by atoms with Crippen LogP contribution in [-0.4, -0.2) is 22.4 Å². The van der Waals surface area contributed by atoms with Gasteiger partial charge in [-0.05, 0) is 30.7 Å². The number of aromatic nitrogens is 2. The number of nitrogens with two attached hydrogens (primary N) is 1. The van der Waals surface area contributed by atoms with Crippen LogP contribution in [-0.2, 0) is 13.5 Å². The van der Waals surface area contributed by atoms with E-state index in [0.29, 0.717) is 6.54 Å². The van der Waals surface area contributed by atoms with Crippen molar-refractivity contribution in [3.05, 3.63) is 47.8 Å². The van der Waals surface area contributed by atoms with Gasteiger partial charge in [-0.2, -0.15) is 5.10 Å². The van der Waals surface area contributed by atoms with Crippen molar-refractivity contribution >= 4 is 11.7 Å². The minimum absolute atomic E-state index is 0.00762. The maximum Gasteiger partial charge on any atom is 0.319 e. The monoisotopic (exact) mass is 287 g/mol. The summed E-state index contributed by atoms with van der Waals surface area (Å²) in [4.78, 5) is 11.8. The Balaban J connectivity index is 1.78. The van der Waals surface area contributed by atoms with Gasteiger partial charge in [-0.15, -0.1) is 0 Å². The van der Waals surface area contributed by atoms with Crippen molar-refractivity contribution in [2.24, 2.45) is 12.8 Å². The highest BCUT2D eigenvalue weighted by Gasteiger charge is 2.04. The smallest absolute Gasteiger partial charge is 0.319 e. The van der Waals surface area contributed by atoms with Crippen LogP contribution in [0.1, 0.15) is 24.2 Å². The molecule has 21 heavy (non-hydrogen) atoms. The predicted octanol–water partition coefficient (Wildman–Crippen LogP) is 1.80. The van der Waals surface area contributed by atoms with Crippen LogP contribution in [0.2, 0.25) is 0 Å². The number of urea groups is 1. The van der Waals surface area contributed by atoms with E-state index in [1.165, 1.54) is 0 Å². The highest BCUT2D eigenvalue weighted by atomic mass is 16.2. The first-order chi connectivity index (χ1) is 10.1. The van der Waals surface area contributed by atoms with Gasteiger partial charge < -0.3 is 16.4 Å². The van der Waals surface area contributed by atoms with Crippen LogP contribution in [0.4, 0.5) is 10.5 Å². The Bertz CT molecular complexity index is 588. The number of benzene rings is 1. The number of hydrogen-bond acceptors (Lipinski definition) is 3. The summed E-state index contributed by atoms with van der Waals surface area (Å²) >= 11 is 0. The Morgan fingerprint density at radius 1 is 1.33 bits per heavy atom. The van der Waals surface area contributed by atoms with Crippen molar-refractivity contribution in [3.8, 4) is 0 Å². The van der Waals surface area contributed by atoms with Gasteiger partial charge in [0.05, 0.1) is 0 Å². The molecule has 0 radical (unpaired) electrons. The van der Waals surface area contributed by atoms with Gasteiger partial charge in [-0.1, -0.05) is 12.1 Å². The van der Waals surface area contributed by atoms with E-state index in [-0.39, 0.29) is 12.1 Å². The summed E-state index contributed by atoms with van der Waals surface area (Å²) in [5.41, 5.74) is 8.65. The second-order valence-corrected chi connectivity index (χ2v) is 4.99. The molecule has 2 aromatic rings. The third-order valence-electron chi connectivity index (χ3n) is 3.28. The van der Waals surface area contributed by atoms with Crippen LogP contribution in [0, 0.1) is 0 Å². The molecule has 0 fully saturated rings. The zero-order chi connectivity index (χ0) is 15.2. The predicted molar refractivity (Wildman–Crippen MR) is 83.0 cm³/mol. The topological polar surface area (TPSA) is 85.0 Å². The van der Waals surface area contributed by atoms with Gasteiger partial charge in [-0.3, -0.25) is 4.68 Å². The molecule has 0 bridgehead atoms. The van der Waals surface area contributed by atoms with E-state index >= 15 is 0 Å². The van der Waals surface area contributed by atoms with E-state index in [2.05, 4.69) is 15.7 Å². The molecule has 6 heteroatoms. The fourth-order valence-corrected chi connectivity index (χ4v) is 2.00. The summed E-state index contributed by atoms with van der Waals surface area (Å²) in [5, 5.41) is 9.69. The highest BCUT2D eigenvalue weighted by molar-refractivity contribution is 5.89. The average Bonchev–Trinajstić information content (AvgIpc) is 2.85. The minimum Gasteiger partial charge on any atom is -0.337 e. The van der Waals surface area contributed by atoms with Crippen molar-refractivity contribution in [1.29, 1.82) is 0 Å². The molecule has 1 heterocycles. The minimum atomic E-state index is -0.217. The quantitative estimate of drug-likeness (QED) is 0.784. The van der Waals surface area contributed by atoms with E-state index in [1.807, 2.05) is 44.3 Å². The molecule has 0 saturated carbocycles. The molecule has 1 aromatic heterocycles. The number of amides is 2. The van der Waals surface area contributed by atoms with Crippen LogP contribution < -0.4 is 16.4 Å². The van der Waals surface area contributed by atoms with Gasteiger partial charge in [0.2, 0.25) is 0 Å². The molecule has 0 aliphatic carbocycles. The zero-order valence-corrected chi connectivity index (χ0v) is 12.3. The van der Waals surface area contributed by atoms with Crippen molar-refractivity contribution < 1.29 is 4.79 Å². The summed E-state index contributed by atoms with van der Waals surface area (Å²) in [6.45, 7) is 2.48. The Kier molecular flexibility index (Phi) is 4.94. The molecule has 0 spiro atoms. The summed E-state index contributed by atoms with van der Waals surface area (Å²) in [7, 11) is 1.88. The van der Waals surface area contributed by atoms with Gasteiger partial charge in [0.1, 0.15) is 0 Å². The third-order valence-corrected chi connectivity index (χ3v) is 3.28. The first-order valence-corrected chi connectivity index (χ1v) is 6.93. The van der Waals surface area contributed by atoms with E-state index in [9.17, 15) is 4.79 Å². The van der Waals surface area contributed by atoms with E-state index < -0.39 is 0 Å². The SMILES string of the molecule is CC(N)c1ccc(NC(=O)NCCc2ccnn2C)cc1. The lowest BCUT2D eigenvalue weighted by Crippen LogP contribution is -2.30. The second-order valence-electron chi connectivity index (χ2n) is 4.99. The van der Waals surface area contributed by atoms with Crippen molar-refractivity contribution in [2.45, 2.75) is 19.4 Å². The van der Waals surface area contributed by atoms with Gasteiger partial charge in [0, 0.05) is 43.6 Å². The molecular weight excluding hydrogens is 266 g/mol. The number of aryl methyl sites for hydroxylation is 1. The van der Waals surface area contributed by atoms with E-state index in [4.69, 9.17) is 5.73 Å². The fourth-order valence-electron chi connectivity index (χ4n) is 2.00. The maximum atomic E-state index is 11.8. The Hall–Kier alpha value is -2.34. The molecule has 0 aliphatic rings. The van der Waals surface area contributed by atoms with Gasteiger partial charge in [0.25, 0.3) is 0 Å². The lowest BCUT2D eigenvalue weighted by atomic mass is 10.1. The van der Waals surface area contributed by atoms with Gasteiger partial charge in [0.15, 0.2) is 0 Å². The van der Waals surface area contributed by atoms with E-state index in [1.54, 1.807) is 10.9 Å². The number of rotatable bonds is 5. The van der Waals surface area contributed by atoms with Crippen LogP contribution in [0.15, 0.2) is 36.5 Å². The molecule has 1 atom stereocenters. The fraction of sp³-hybridized carbons (Fsp3) is 0.333. The average molecular weight is 287 g/mol. The first-order valence-electron chi connectivity index (χ1n) is 6.93. The molecule has 0 saturated heterocycles. The lowest BCUT2D eigenvalue weighted by molar-refractivity contribution is 0.252. The largest absolute Gasteiger partial charge is 0.337 e. The number of nitrogens with one attached hydrogen (secondary N) is 2. The Labute approximate surface area is 124 Å². The molecule has 4 N–H and O–H groups in total. The zero-order valence-electron chi connectivity index (χ0n) is 12.3. The molecule has 2 rings (SSSR count). The number of hydrogen-bond donors (Lipinski definition) is 3.